The topological polar surface area (TPSA) is 21.1 Å². The maximum absolute atomic E-state index is 13.9. The van der Waals surface area contributed by atoms with Crippen LogP contribution in [-0.2, 0) is 19.6 Å². The van der Waals surface area contributed by atoms with Gasteiger partial charge >= 0.3 is 0 Å². The first-order chi connectivity index (χ1) is 15.4. The molecule has 1 heterocycles. The van der Waals surface area contributed by atoms with Crippen LogP contribution in [0.3, 0.4) is 0 Å². The third-order valence-electron chi connectivity index (χ3n) is 6.14. The number of aromatic nitrogens is 2. The summed E-state index contributed by atoms with van der Waals surface area (Å²) in [6.07, 6.45) is 5.33. The van der Waals surface area contributed by atoms with Crippen LogP contribution in [0.2, 0.25) is 0 Å². The van der Waals surface area contributed by atoms with Gasteiger partial charge in [-0.1, -0.05) is 57.5 Å². The molecule has 0 N–H and O–H groups in total. The molecule has 0 aliphatic rings. The summed E-state index contributed by atoms with van der Waals surface area (Å²) in [6, 6.07) is 13.6. The van der Waals surface area contributed by atoms with Crippen molar-refractivity contribution in [2.24, 2.45) is 5.92 Å². The molecule has 0 saturated carbocycles. The van der Waals surface area contributed by atoms with Crippen LogP contribution in [-0.4, -0.2) is 21.0 Å². The van der Waals surface area contributed by atoms with Crippen molar-refractivity contribution in [3.63, 3.8) is 0 Å². The molecule has 0 atom stereocenters. The number of halogens is 1. The van der Waals surface area contributed by atoms with Crippen LogP contribution < -0.4 is 0 Å². The number of imidazole rings is 1. The SMILES string of the molecule is CCCCn1c(CN(CCC(C)C)Cc2ccc(C)c(C)c2)cnc1-c1cccc(F)c1. The summed E-state index contributed by atoms with van der Waals surface area (Å²) in [5.74, 6) is 1.30. The molecule has 32 heavy (non-hydrogen) atoms. The third kappa shape index (κ3) is 6.52. The fraction of sp³-hybridized carbons (Fsp3) is 0.464. The van der Waals surface area contributed by atoms with Crippen molar-refractivity contribution in [1.82, 2.24) is 14.5 Å². The number of rotatable bonds is 11. The van der Waals surface area contributed by atoms with Gasteiger partial charge in [0.05, 0.1) is 11.9 Å². The van der Waals surface area contributed by atoms with Gasteiger partial charge in [-0.15, -0.1) is 0 Å². The summed E-state index contributed by atoms with van der Waals surface area (Å²) < 4.78 is 16.2. The molecule has 0 radical (unpaired) electrons. The van der Waals surface area contributed by atoms with E-state index in [1.54, 1.807) is 12.1 Å². The Morgan fingerprint density at radius 2 is 1.84 bits per heavy atom. The van der Waals surface area contributed by atoms with E-state index in [2.05, 4.69) is 62.3 Å². The van der Waals surface area contributed by atoms with Crippen molar-refractivity contribution in [3.8, 4) is 11.4 Å². The van der Waals surface area contributed by atoms with Gasteiger partial charge in [0.2, 0.25) is 0 Å². The highest BCUT2D eigenvalue weighted by atomic mass is 19.1. The van der Waals surface area contributed by atoms with E-state index in [-0.39, 0.29) is 5.82 Å². The number of hydrogen-bond acceptors (Lipinski definition) is 2. The zero-order valence-electron chi connectivity index (χ0n) is 20.4. The predicted molar refractivity (Wildman–Crippen MR) is 132 cm³/mol. The van der Waals surface area contributed by atoms with Crippen molar-refractivity contribution in [1.29, 1.82) is 0 Å². The second-order valence-corrected chi connectivity index (χ2v) is 9.40. The van der Waals surface area contributed by atoms with E-state index >= 15 is 0 Å². The highest BCUT2D eigenvalue weighted by Gasteiger charge is 2.16. The highest BCUT2D eigenvalue weighted by molar-refractivity contribution is 5.56. The van der Waals surface area contributed by atoms with E-state index in [0.29, 0.717) is 5.92 Å². The minimum Gasteiger partial charge on any atom is -0.327 e. The van der Waals surface area contributed by atoms with Crippen LogP contribution in [0.4, 0.5) is 4.39 Å². The second-order valence-electron chi connectivity index (χ2n) is 9.40. The van der Waals surface area contributed by atoms with Crippen LogP contribution in [0.25, 0.3) is 11.4 Å². The first-order valence-electron chi connectivity index (χ1n) is 12.0. The molecule has 3 nitrogen and oxygen atoms in total. The van der Waals surface area contributed by atoms with Crippen molar-refractivity contribution in [3.05, 3.63) is 76.9 Å². The van der Waals surface area contributed by atoms with E-state index in [4.69, 9.17) is 4.98 Å². The van der Waals surface area contributed by atoms with E-state index < -0.39 is 0 Å². The highest BCUT2D eigenvalue weighted by Crippen LogP contribution is 2.23. The molecule has 0 amide bonds. The molecule has 0 bridgehead atoms. The Morgan fingerprint density at radius 3 is 2.53 bits per heavy atom. The summed E-state index contributed by atoms with van der Waals surface area (Å²) in [5, 5.41) is 0. The van der Waals surface area contributed by atoms with Crippen LogP contribution in [0.1, 0.15) is 62.4 Å². The number of hydrogen-bond donors (Lipinski definition) is 0. The minimum absolute atomic E-state index is 0.220. The third-order valence-corrected chi connectivity index (χ3v) is 6.14. The number of nitrogens with zero attached hydrogens (tertiary/aromatic N) is 3. The standard InChI is InChI=1S/C28H38FN3/c1-6-7-14-32-27(18-30-28(32)25-9-8-10-26(29)17-25)20-31(15-13-21(2)3)19-24-12-11-22(4)23(5)16-24/h8-12,16-18,21H,6-7,13-15,19-20H2,1-5H3. The van der Waals surface area contributed by atoms with Gasteiger partial charge in [-0.25, -0.2) is 9.37 Å². The van der Waals surface area contributed by atoms with Crippen LogP contribution in [0.15, 0.2) is 48.7 Å². The lowest BCUT2D eigenvalue weighted by atomic mass is 10.1. The normalized spacial score (nSPS) is 11.6. The molecule has 2 aromatic carbocycles. The first-order valence-corrected chi connectivity index (χ1v) is 12.0. The lowest BCUT2D eigenvalue weighted by molar-refractivity contribution is 0.235. The van der Waals surface area contributed by atoms with E-state index in [9.17, 15) is 4.39 Å². The fourth-order valence-corrected chi connectivity index (χ4v) is 4.00. The Kier molecular flexibility index (Phi) is 8.63. The fourth-order valence-electron chi connectivity index (χ4n) is 4.00. The Labute approximate surface area is 193 Å². The molecular formula is C28H38FN3. The van der Waals surface area contributed by atoms with Gasteiger partial charge in [-0.3, -0.25) is 4.90 Å². The van der Waals surface area contributed by atoms with E-state index in [1.165, 1.54) is 28.5 Å². The molecule has 0 spiro atoms. The average Bonchev–Trinajstić information content (AvgIpc) is 3.15. The minimum atomic E-state index is -0.220. The van der Waals surface area contributed by atoms with Crippen molar-refractivity contribution < 1.29 is 4.39 Å². The largest absolute Gasteiger partial charge is 0.327 e. The molecule has 3 rings (SSSR count). The quantitative estimate of drug-likeness (QED) is 0.319. The molecule has 0 unspecified atom stereocenters. The molecule has 0 fully saturated rings. The summed E-state index contributed by atoms with van der Waals surface area (Å²) in [4.78, 5) is 7.26. The molecule has 1 aromatic heterocycles. The smallest absolute Gasteiger partial charge is 0.140 e. The number of benzene rings is 2. The molecule has 0 saturated heterocycles. The molecular weight excluding hydrogens is 397 g/mol. The zero-order chi connectivity index (χ0) is 23.1. The molecule has 4 heteroatoms. The van der Waals surface area contributed by atoms with Crippen LogP contribution in [0, 0.1) is 25.6 Å². The Hall–Kier alpha value is -2.46. The Balaban J connectivity index is 1.88. The van der Waals surface area contributed by atoms with Gasteiger partial charge in [-0.2, -0.15) is 0 Å². The van der Waals surface area contributed by atoms with Crippen molar-refractivity contribution >= 4 is 0 Å². The second kappa shape index (κ2) is 11.4. The first kappa shape index (κ1) is 24.2. The average molecular weight is 436 g/mol. The van der Waals surface area contributed by atoms with Crippen LogP contribution in [0.5, 0.6) is 0 Å². The summed E-state index contributed by atoms with van der Waals surface area (Å²) in [6.45, 7) is 14.8. The molecule has 0 aliphatic carbocycles. The molecule has 0 aliphatic heterocycles. The predicted octanol–water partition coefficient (Wildman–Crippen LogP) is 7.15. The van der Waals surface area contributed by atoms with Gasteiger partial charge < -0.3 is 4.57 Å². The Bertz CT molecular complexity index is 1010. The Morgan fingerprint density at radius 1 is 1.03 bits per heavy atom. The summed E-state index contributed by atoms with van der Waals surface area (Å²) in [7, 11) is 0. The summed E-state index contributed by atoms with van der Waals surface area (Å²) in [5.41, 5.74) is 6.06. The van der Waals surface area contributed by atoms with Gasteiger partial charge in [0.1, 0.15) is 11.6 Å². The number of unbranched alkanes of at least 4 members (excludes halogenated alkanes) is 1. The maximum atomic E-state index is 13.9. The van der Waals surface area contributed by atoms with E-state index in [0.717, 1.165) is 56.8 Å². The van der Waals surface area contributed by atoms with Gasteiger partial charge in [0.25, 0.3) is 0 Å². The lowest BCUT2D eigenvalue weighted by Crippen LogP contribution is -2.26. The van der Waals surface area contributed by atoms with Crippen LogP contribution >= 0.6 is 0 Å². The van der Waals surface area contributed by atoms with Gasteiger partial charge in [-0.05, 0) is 68.0 Å². The lowest BCUT2D eigenvalue weighted by Gasteiger charge is -2.25. The molecule has 3 aromatic rings. The van der Waals surface area contributed by atoms with Gasteiger partial charge in [0.15, 0.2) is 0 Å². The zero-order valence-corrected chi connectivity index (χ0v) is 20.4. The summed E-state index contributed by atoms with van der Waals surface area (Å²) >= 11 is 0. The molecule has 172 valence electrons. The van der Waals surface area contributed by atoms with E-state index in [1.807, 2.05) is 12.3 Å². The van der Waals surface area contributed by atoms with Crippen molar-refractivity contribution in [2.75, 3.05) is 6.54 Å². The van der Waals surface area contributed by atoms with Crippen molar-refractivity contribution in [2.45, 2.75) is 73.5 Å². The maximum Gasteiger partial charge on any atom is 0.140 e. The monoisotopic (exact) mass is 435 g/mol. The van der Waals surface area contributed by atoms with Gasteiger partial charge in [0, 0.05) is 25.2 Å². The number of aryl methyl sites for hydroxylation is 2.